The molecule has 0 bridgehead atoms. The number of aryl methyl sites for hydroxylation is 2. The Morgan fingerprint density at radius 3 is 2.84 bits per heavy atom. The van der Waals surface area contributed by atoms with Gasteiger partial charge in [0.05, 0.1) is 0 Å². The maximum Gasteiger partial charge on any atom is 0.339 e. The third-order valence-corrected chi connectivity index (χ3v) is 5.58. The van der Waals surface area contributed by atoms with E-state index in [1.165, 1.54) is 0 Å². The van der Waals surface area contributed by atoms with Crippen LogP contribution in [-0.2, 0) is 11.2 Å². The van der Waals surface area contributed by atoms with Gasteiger partial charge < -0.3 is 14.5 Å². The summed E-state index contributed by atoms with van der Waals surface area (Å²) in [7, 11) is 0. The fourth-order valence-corrected chi connectivity index (χ4v) is 3.59. The molecule has 1 amide bonds. The van der Waals surface area contributed by atoms with Gasteiger partial charge in [0, 0.05) is 36.2 Å². The second-order valence-corrected chi connectivity index (χ2v) is 7.79. The van der Waals surface area contributed by atoms with Crippen LogP contribution in [0.3, 0.4) is 0 Å². The largest absolute Gasteiger partial charge is 0.484 e. The molecule has 4 aromatic rings. The molecular weight excluding hydrogens is 408 g/mol. The van der Waals surface area contributed by atoms with Crippen molar-refractivity contribution >= 4 is 22.5 Å². The van der Waals surface area contributed by atoms with Gasteiger partial charge in [-0.3, -0.25) is 9.20 Å². The zero-order chi connectivity index (χ0) is 22.5. The van der Waals surface area contributed by atoms with Gasteiger partial charge >= 0.3 is 5.63 Å². The van der Waals surface area contributed by atoms with Gasteiger partial charge in [-0.2, -0.15) is 0 Å². The van der Waals surface area contributed by atoms with Crippen LogP contribution in [0.15, 0.2) is 51.8 Å². The number of benzene rings is 1. The molecule has 0 aliphatic heterocycles. The molecule has 3 aromatic heterocycles. The molecule has 4 rings (SSSR count). The van der Waals surface area contributed by atoms with E-state index >= 15 is 0 Å². The number of amides is 1. The lowest BCUT2D eigenvalue weighted by Crippen LogP contribution is -2.29. The summed E-state index contributed by atoms with van der Waals surface area (Å²) < 4.78 is 12.9. The first-order valence-corrected chi connectivity index (χ1v) is 10.7. The molecule has 8 heteroatoms. The quantitative estimate of drug-likeness (QED) is 0.320. The number of hydrogen-bond acceptors (Lipinski definition) is 6. The first-order chi connectivity index (χ1) is 15.5. The lowest BCUT2D eigenvalue weighted by Gasteiger charge is -2.09. The van der Waals surface area contributed by atoms with Crippen molar-refractivity contribution in [2.45, 2.75) is 39.5 Å². The van der Waals surface area contributed by atoms with E-state index in [1.54, 1.807) is 19.1 Å². The summed E-state index contributed by atoms with van der Waals surface area (Å²) in [4.78, 5) is 23.9. The van der Waals surface area contributed by atoms with Crippen molar-refractivity contribution in [3.63, 3.8) is 0 Å². The fourth-order valence-electron chi connectivity index (χ4n) is 3.59. The number of carbonyl (C=O) groups is 1. The Bertz CT molecular complexity index is 1310. The molecule has 0 aliphatic rings. The van der Waals surface area contributed by atoms with Gasteiger partial charge in [-0.05, 0) is 56.5 Å². The summed E-state index contributed by atoms with van der Waals surface area (Å²) >= 11 is 0. The smallest absolute Gasteiger partial charge is 0.339 e. The second-order valence-electron chi connectivity index (χ2n) is 7.79. The third-order valence-electron chi connectivity index (χ3n) is 5.58. The van der Waals surface area contributed by atoms with Crippen molar-refractivity contribution in [3.05, 3.63) is 70.0 Å². The highest BCUT2D eigenvalue weighted by molar-refractivity contribution is 5.82. The predicted octanol–water partition coefficient (Wildman–Crippen LogP) is 3.36. The number of unbranched alkanes of at least 4 members (excludes halogenated alkanes) is 2. The van der Waals surface area contributed by atoms with E-state index in [0.29, 0.717) is 23.4 Å². The molecule has 0 saturated heterocycles. The topological polar surface area (TPSA) is 98.7 Å². The van der Waals surface area contributed by atoms with Crippen molar-refractivity contribution in [3.8, 4) is 5.75 Å². The standard InChI is InChI=1S/C24H26N4O4/c1-16-17(2)24(30)32-20-14-18(10-11-19(16)20)31-15-23(29)25-12-6-3-4-8-21-26-27-22-9-5-7-13-28(21)22/h5,7,9-11,13-14H,3-4,6,8,12,15H2,1-2H3,(H,25,29). The van der Waals surface area contributed by atoms with Crippen LogP contribution in [-0.4, -0.2) is 33.7 Å². The van der Waals surface area contributed by atoms with Crippen LogP contribution in [0.5, 0.6) is 5.75 Å². The molecule has 0 fully saturated rings. The third kappa shape index (κ3) is 4.80. The van der Waals surface area contributed by atoms with Gasteiger partial charge in [0.2, 0.25) is 0 Å². The molecule has 0 radical (unpaired) electrons. The fraction of sp³-hybridized carbons (Fsp3) is 0.333. The Morgan fingerprint density at radius 1 is 1.09 bits per heavy atom. The van der Waals surface area contributed by atoms with Crippen LogP contribution in [0, 0.1) is 13.8 Å². The molecule has 0 aliphatic carbocycles. The average molecular weight is 434 g/mol. The lowest BCUT2D eigenvalue weighted by molar-refractivity contribution is -0.123. The van der Waals surface area contributed by atoms with Gasteiger partial charge in [0.15, 0.2) is 12.3 Å². The second kappa shape index (κ2) is 9.64. The molecule has 0 atom stereocenters. The number of hydrogen-bond donors (Lipinski definition) is 1. The summed E-state index contributed by atoms with van der Waals surface area (Å²) in [6.45, 7) is 4.13. The highest BCUT2D eigenvalue weighted by atomic mass is 16.5. The van der Waals surface area contributed by atoms with Gasteiger partial charge in [-0.1, -0.05) is 12.5 Å². The monoisotopic (exact) mass is 434 g/mol. The number of carbonyl (C=O) groups excluding carboxylic acids is 1. The lowest BCUT2D eigenvalue weighted by atomic mass is 10.1. The SMILES string of the molecule is Cc1c(C)c2ccc(OCC(=O)NCCCCCc3nnc4ccccn34)cc2oc1=O. The van der Waals surface area contributed by atoms with E-state index in [2.05, 4.69) is 15.5 Å². The van der Waals surface area contributed by atoms with Gasteiger partial charge in [-0.25, -0.2) is 4.79 Å². The molecule has 1 N–H and O–H groups in total. The molecule has 0 saturated carbocycles. The molecule has 0 spiro atoms. The Balaban J connectivity index is 1.18. The minimum Gasteiger partial charge on any atom is -0.484 e. The van der Waals surface area contributed by atoms with E-state index < -0.39 is 0 Å². The van der Waals surface area contributed by atoms with Crippen LogP contribution >= 0.6 is 0 Å². The van der Waals surface area contributed by atoms with Crippen molar-refractivity contribution < 1.29 is 13.9 Å². The van der Waals surface area contributed by atoms with E-state index in [4.69, 9.17) is 9.15 Å². The van der Waals surface area contributed by atoms with Crippen LogP contribution in [0.25, 0.3) is 16.6 Å². The number of rotatable bonds is 9. The average Bonchev–Trinajstić information content (AvgIpc) is 3.21. The molecule has 3 heterocycles. The number of aromatic nitrogens is 3. The molecule has 8 nitrogen and oxygen atoms in total. The zero-order valence-electron chi connectivity index (χ0n) is 18.3. The maximum absolute atomic E-state index is 12.1. The minimum atomic E-state index is -0.359. The molecule has 32 heavy (non-hydrogen) atoms. The van der Waals surface area contributed by atoms with Crippen molar-refractivity contribution in [2.24, 2.45) is 0 Å². The molecule has 166 valence electrons. The number of ether oxygens (including phenoxy) is 1. The summed E-state index contributed by atoms with van der Waals surface area (Å²) in [5, 5.41) is 12.1. The van der Waals surface area contributed by atoms with Crippen LogP contribution in [0.1, 0.15) is 36.2 Å². The van der Waals surface area contributed by atoms with E-state index in [-0.39, 0.29) is 18.1 Å². The highest BCUT2D eigenvalue weighted by Crippen LogP contribution is 2.23. The maximum atomic E-state index is 12.1. The van der Waals surface area contributed by atoms with E-state index in [9.17, 15) is 9.59 Å². The Kier molecular flexibility index (Phi) is 6.49. The molecular formula is C24H26N4O4. The van der Waals surface area contributed by atoms with E-state index in [1.807, 2.05) is 41.8 Å². The first-order valence-electron chi connectivity index (χ1n) is 10.7. The van der Waals surface area contributed by atoms with Crippen molar-refractivity contribution in [1.29, 1.82) is 0 Å². The normalized spacial score (nSPS) is 11.2. The first kappa shape index (κ1) is 21.5. The summed E-state index contributed by atoms with van der Waals surface area (Å²) in [6, 6.07) is 11.1. The summed E-state index contributed by atoms with van der Waals surface area (Å²) in [5.74, 6) is 1.25. The van der Waals surface area contributed by atoms with Gasteiger partial charge in [0.25, 0.3) is 5.91 Å². The van der Waals surface area contributed by atoms with Crippen LogP contribution in [0.4, 0.5) is 0 Å². The van der Waals surface area contributed by atoms with Gasteiger partial charge in [0.1, 0.15) is 17.2 Å². The molecule has 0 unspecified atom stereocenters. The summed E-state index contributed by atoms with van der Waals surface area (Å²) in [6.07, 6.45) is 5.65. The zero-order valence-corrected chi connectivity index (χ0v) is 18.3. The van der Waals surface area contributed by atoms with Crippen molar-refractivity contribution in [1.82, 2.24) is 19.9 Å². The summed E-state index contributed by atoms with van der Waals surface area (Å²) in [5.41, 5.74) is 2.44. The number of pyridine rings is 1. The van der Waals surface area contributed by atoms with Crippen molar-refractivity contribution in [2.75, 3.05) is 13.2 Å². The Labute approximate surface area is 185 Å². The Hall–Kier alpha value is -3.68. The van der Waals surface area contributed by atoms with Crippen LogP contribution in [0.2, 0.25) is 0 Å². The number of nitrogens with zero attached hydrogens (tertiary/aromatic N) is 3. The minimum absolute atomic E-state index is 0.0910. The predicted molar refractivity (Wildman–Crippen MR) is 121 cm³/mol. The van der Waals surface area contributed by atoms with Gasteiger partial charge in [-0.15, -0.1) is 10.2 Å². The molecule has 1 aromatic carbocycles. The number of fused-ring (bicyclic) bond motifs is 2. The highest BCUT2D eigenvalue weighted by Gasteiger charge is 2.10. The van der Waals surface area contributed by atoms with Crippen LogP contribution < -0.4 is 15.7 Å². The Morgan fingerprint density at radius 2 is 1.97 bits per heavy atom. The van der Waals surface area contributed by atoms with E-state index in [0.717, 1.165) is 48.1 Å². The number of nitrogens with one attached hydrogen (secondary N) is 1.